The van der Waals surface area contributed by atoms with Crippen LogP contribution >= 0.6 is 11.3 Å². The fourth-order valence-electron chi connectivity index (χ4n) is 2.40. The molecule has 0 aromatic carbocycles. The number of thiophene rings is 1. The Bertz CT molecular complexity index is 391. The summed E-state index contributed by atoms with van der Waals surface area (Å²) in [5.74, 6) is 0.186. The number of nitrogens with zero attached hydrogens (tertiary/aromatic N) is 2. The van der Waals surface area contributed by atoms with E-state index >= 15 is 0 Å². The van der Waals surface area contributed by atoms with Gasteiger partial charge in [0.1, 0.15) is 6.04 Å². The van der Waals surface area contributed by atoms with Crippen LogP contribution in [-0.4, -0.2) is 55.5 Å². The van der Waals surface area contributed by atoms with Gasteiger partial charge in [-0.15, -0.1) is 11.3 Å². The van der Waals surface area contributed by atoms with E-state index in [1.165, 1.54) is 4.88 Å². The average Bonchev–Trinajstić information content (AvgIpc) is 2.90. The fourth-order valence-corrected chi connectivity index (χ4v) is 3.21. The van der Waals surface area contributed by atoms with Crippen molar-refractivity contribution in [3.8, 4) is 0 Å². The molecule has 0 bridgehead atoms. The lowest BCUT2D eigenvalue weighted by Crippen LogP contribution is -2.57. The van der Waals surface area contributed by atoms with Gasteiger partial charge in [-0.1, -0.05) is 6.07 Å². The molecule has 1 N–H and O–H groups in total. The van der Waals surface area contributed by atoms with Crippen LogP contribution in [0.5, 0.6) is 0 Å². The molecule has 1 fully saturated rings. The molecule has 1 amide bonds. The van der Waals surface area contributed by atoms with Gasteiger partial charge in [0.2, 0.25) is 5.91 Å². The van der Waals surface area contributed by atoms with Crippen LogP contribution in [0.1, 0.15) is 17.8 Å². The van der Waals surface area contributed by atoms with Gasteiger partial charge in [-0.2, -0.15) is 0 Å². The molecule has 2 heterocycles. The molecule has 0 spiro atoms. The molecule has 0 aliphatic carbocycles. The zero-order valence-corrected chi connectivity index (χ0v) is 12.0. The number of hydrogen-bond acceptors (Lipinski definition) is 4. The van der Waals surface area contributed by atoms with Gasteiger partial charge >= 0.3 is 0 Å². The highest BCUT2D eigenvalue weighted by Gasteiger charge is 2.33. The molecule has 0 radical (unpaired) electrons. The number of amides is 1. The summed E-state index contributed by atoms with van der Waals surface area (Å²) in [6, 6.07) is 4.47. The largest absolute Gasteiger partial charge is 0.347 e. The van der Waals surface area contributed by atoms with E-state index in [-0.39, 0.29) is 11.9 Å². The van der Waals surface area contributed by atoms with E-state index in [0.29, 0.717) is 6.04 Å². The standard InChI is InChI=1S/C13H21N3OS/c1-10(12-5-4-8-18-12)16-7-6-14-9-11(16)13(17)15(2)3/h4-5,8,10-11,14H,6-7,9H2,1-3H3. The minimum Gasteiger partial charge on any atom is -0.347 e. The molecule has 4 nitrogen and oxygen atoms in total. The maximum atomic E-state index is 12.2. The number of piperazine rings is 1. The second kappa shape index (κ2) is 5.82. The number of rotatable bonds is 3. The van der Waals surface area contributed by atoms with Crippen LogP contribution in [0.2, 0.25) is 0 Å². The smallest absolute Gasteiger partial charge is 0.240 e. The molecule has 2 atom stereocenters. The van der Waals surface area contributed by atoms with Crippen LogP contribution in [0.25, 0.3) is 0 Å². The van der Waals surface area contributed by atoms with E-state index in [4.69, 9.17) is 0 Å². The molecule has 1 aromatic rings. The first-order valence-electron chi connectivity index (χ1n) is 6.32. The van der Waals surface area contributed by atoms with Crippen molar-refractivity contribution in [2.75, 3.05) is 33.7 Å². The van der Waals surface area contributed by atoms with Crippen molar-refractivity contribution < 1.29 is 4.79 Å². The third kappa shape index (κ3) is 2.74. The monoisotopic (exact) mass is 267 g/mol. The highest BCUT2D eigenvalue weighted by Crippen LogP contribution is 2.27. The summed E-state index contributed by atoms with van der Waals surface area (Å²) < 4.78 is 0. The van der Waals surface area contributed by atoms with Crippen LogP contribution < -0.4 is 5.32 Å². The van der Waals surface area contributed by atoms with Crippen molar-refractivity contribution in [2.45, 2.75) is 19.0 Å². The quantitative estimate of drug-likeness (QED) is 0.893. The van der Waals surface area contributed by atoms with Gasteiger partial charge < -0.3 is 10.2 Å². The predicted molar refractivity (Wildman–Crippen MR) is 74.8 cm³/mol. The molecule has 5 heteroatoms. The molecule has 0 saturated carbocycles. The van der Waals surface area contributed by atoms with Crippen LogP contribution in [0, 0.1) is 0 Å². The second-order valence-corrected chi connectivity index (χ2v) is 5.86. The average molecular weight is 267 g/mol. The van der Waals surface area contributed by atoms with Crippen molar-refractivity contribution in [3.63, 3.8) is 0 Å². The van der Waals surface area contributed by atoms with Gasteiger partial charge in [0.05, 0.1) is 0 Å². The Kier molecular flexibility index (Phi) is 4.37. The number of hydrogen-bond donors (Lipinski definition) is 1. The van der Waals surface area contributed by atoms with E-state index in [9.17, 15) is 4.79 Å². The van der Waals surface area contributed by atoms with Crippen LogP contribution in [0.15, 0.2) is 17.5 Å². The Balaban J connectivity index is 2.15. The molecule has 18 heavy (non-hydrogen) atoms. The number of carbonyl (C=O) groups excluding carboxylic acids is 1. The third-order valence-corrected chi connectivity index (χ3v) is 4.51. The maximum Gasteiger partial charge on any atom is 0.240 e. The Labute approximate surface area is 113 Å². The number of carbonyl (C=O) groups is 1. The lowest BCUT2D eigenvalue weighted by atomic mass is 10.1. The number of nitrogens with one attached hydrogen (secondary N) is 1. The first-order chi connectivity index (χ1) is 8.61. The van der Waals surface area contributed by atoms with Crippen molar-refractivity contribution in [1.82, 2.24) is 15.1 Å². The Morgan fingerprint density at radius 1 is 1.61 bits per heavy atom. The normalized spacial score (nSPS) is 22.7. The SMILES string of the molecule is CC(c1cccs1)N1CCNCC1C(=O)N(C)C. The van der Waals surface area contributed by atoms with Crippen molar-refractivity contribution in [1.29, 1.82) is 0 Å². The Morgan fingerprint density at radius 3 is 3.00 bits per heavy atom. The highest BCUT2D eigenvalue weighted by atomic mass is 32.1. The lowest BCUT2D eigenvalue weighted by molar-refractivity contribution is -0.136. The lowest BCUT2D eigenvalue weighted by Gasteiger charge is -2.39. The summed E-state index contributed by atoms with van der Waals surface area (Å²) in [5, 5.41) is 5.41. The maximum absolute atomic E-state index is 12.2. The molecule has 100 valence electrons. The minimum atomic E-state index is -0.0501. The fraction of sp³-hybridized carbons (Fsp3) is 0.615. The first-order valence-corrected chi connectivity index (χ1v) is 7.20. The van der Waals surface area contributed by atoms with Gasteiger partial charge in [0, 0.05) is 44.6 Å². The topological polar surface area (TPSA) is 35.6 Å². The van der Waals surface area contributed by atoms with Crippen LogP contribution in [0.4, 0.5) is 0 Å². The van der Waals surface area contributed by atoms with Crippen LogP contribution in [0.3, 0.4) is 0 Å². The molecule has 1 aliphatic heterocycles. The Hall–Kier alpha value is -0.910. The minimum absolute atomic E-state index is 0.0501. The molecular weight excluding hydrogens is 246 g/mol. The van der Waals surface area contributed by atoms with Crippen LogP contribution in [-0.2, 0) is 4.79 Å². The second-order valence-electron chi connectivity index (χ2n) is 4.88. The molecular formula is C13H21N3OS. The van der Waals surface area contributed by atoms with Gasteiger partial charge in [0.25, 0.3) is 0 Å². The molecule has 2 unspecified atom stereocenters. The van der Waals surface area contributed by atoms with Gasteiger partial charge in [-0.05, 0) is 18.4 Å². The van der Waals surface area contributed by atoms with Gasteiger partial charge in [0.15, 0.2) is 0 Å². The van der Waals surface area contributed by atoms with Gasteiger partial charge in [-0.3, -0.25) is 9.69 Å². The predicted octanol–water partition coefficient (Wildman–Crippen LogP) is 1.17. The van der Waals surface area contributed by atoms with Gasteiger partial charge in [-0.25, -0.2) is 0 Å². The summed E-state index contributed by atoms with van der Waals surface area (Å²) in [4.78, 5) is 17.6. The Morgan fingerprint density at radius 2 is 2.39 bits per heavy atom. The zero-order chi connectivity index (χ0) is 13.1. The molecule has 1 saturated heterocycles. The third-order valence-electron chi connectivity index (χ3n) is 3.46. The van der Waals surface area contributed by atoms with E-state index in [1.807, 2.05) is 14.1 Å². The zero-order valence-electron chi connectivity index (χ0n) is 11.2. The van der Waals surface area contributed by atoms with E-state index in [1.54, 1.807) is 16.2 Å². The summed E-state index contributed by atoms with van der Waals surface area (Å²) in [6.45, 7) is 4.80. The summed E-state index contributed by atoms with van der Waals surface area (Å²) in [7, 11) is 3.65. The number of likely N-dealkylation sites (N-methyl/N-ethyl adjacent to an activating group) is 1. The van der Waals surface area contributed by atoms with Crippen molar-refractivity contribution >= 4 is 17.2 Å². The summed E-state index contributed by atoms with van der Waals surface area (Å²) >= 11 is 1.76. The molecule has 1 aromatic heterocycles. The highest BCUT2D eigenvalue weighted by molar-refractivity contribution is 7.10. The van der Waals surface area contributed by atoms with Crippen molar-refractivity contribution in [2.24, 2.45) is 0 Å². The summed E-state index contributed by atoms with van der Waals surface area (Å²) in [5.41, 5.74) is 0. The van der Waals surface area contributed by atoms with E-state index < -0.39 is 0 Å². The molecule has 1 aliphatic rings. The molecule has 2 rings (SSSR count). The summed E-state index contributed by atoms with van der Waals surface area (Å²) in [6.07, 6.45) is 0. The van der Waals surface area contributed by atoms with E-state index in [2.05, 4.69) is 34.7 Å². The first kappa shape index (κ1) is 13.5. The van der Waals surface area contributed by atoms with E-state index in [0.717, 1.165) is 19.6 Å². The van der Waals surface area contributed by atoms with Crippen molar-refractivity contribution in [3.05, 3.63) is 22.4 Å².